The Morgan fingerprint density at radius 3 is 2.29 bits per heavy atom. The van der Waals surface area contributed by atoms with Gasteiger partial charge in [-0.15, -0.1) is 0 Å². The maximum absolute atomic E-state index is 14.6. The Morgan fingerprint density at radius 2 is 1.58 bits per heavy atom. The normalized spacial score (nSPS) is 27.6. The molecule has 15 nitrogen and oxygen atoms in total. The molecule has 1 aromatic carbocycles. The first-order chi connectivity index (χ1) is 36.1. The summed E-state index contributed by atoms with van der Waals surface area (Å²) in [7, 11) is 0. The molecule has 1 aromatic heterocycles. The van der Waals surface area contributed by atoms with E-state index in [-0.39, 0.29) is 36.0 Å². The third-order valence-corrected chi connectivity index (χ3v) is 18.2. The van der Waals surface area contributed by atoms with Gasteiger partial charge in [0.15, 0.2) is 0 Å². The highest BCUT2D eigenvalue weighted by Crippen LogP contribution is 2.67. The Labute approximate surface area is 452 Å². The largest absolute Gasteiger partial charge is 0.508 e. The van der Waals surface area contributed by atoms with Gasteiger partial charge in [-0.2, -0.15) is 0 Å². The quantitative estimate of drug-likeness (QED) is 0.0455. The molecule has 0 spiro atoms. The number of aromatic nitrogens is 1. The minimum atomic E-state index is -1.20. The molecule has 4 fully saturated rings. The van der Waals surface area contributed by atoms with Crippen molar-refractivity contribution in [3.8, 4) is 5.75 Å². The van der Waals surface area contributed by atoms with E-state index in [4.69, 9.17) is 9.47 Å². The highest BCUT2D eigenvalue weighted by molar-refractivity contribution is 5.99. The minimum Gasteiger partial charge on any atom is -0.508 e. The lowest BCUT2D eigenvalue weighted by Crippen LogP contribution is -2.57. The summed E-state index contributed by atoms with van der Waals surface area (Å²) < 4.78 is 11.8. The first kappa shape index (κ1) is 58.2. The van der Waals surface area contributed by atoms with Crippen molar-refractivity contribution in [1.82, 2.24) is 31.2 Å². The molecular weight excluding hydrogens is 961 g/mol. The first-order valence-electron chi connectivity index (χ1n) is 28.8. The van der Waals surface area contributed by atoms with E-state index in [9.17, 15) is 33.9 Å². The van der Waals surface area contributed by atoms with Crippen molar-refractivity contribution in [2.24, 2.45) is 46.3 Å². The van der Waals surface area contributed by atoms with E-state index < -0.39 is 59.6 Å². The van der Waals surface area contributed by atoms with Crippen LogP contribution < -0.4 is 21.3 Å². The predicted octanol–water partition coefficient (Wildman–Crippen LogP) is 9.76. The number of hydrogen-bond donors (Lipinski definition) is 5. The van der Waals surface area contributed by atoms with Crippen molar-refractivity contribution >= 4 is 35.7 Å². The van der Waals surface area contributed by atoms with Crippen molar-refractivity contribution in [1.29, 1.82) is 0 Å². The molecule has 0 radical (unpaired) electrons. The summed E-state index contributed by atoms with van der Waals surface area (Å²) in [5.74, 6) is 1.70. The molecule has 0 unspecified atom stereocenters. The SMILES string of the molecule is CC(C)CCC[C@@H](C)[C@H]1CC[C@H]2[C@@H]3CC=C4C[C@@H](OC(=O)[C@H](CCCCNC(=O)OC(C)(C)C)NC(=O)[C@H](Cc5ccc(O)cc5)NC(=O)[C@H](C)NC(=O)[C@@H]5CCCN5C(=O)c5cccnc5)CC[C@]4(C)[C@H]3CC[C@]12C. The van der Waals surface area contributed by atoms with Crippen LogP contribution in [0, 0.1) is 46.3 Å². The van der Waals surface area contributed by atoms with E-state index in [1.54, 1.807) is 51.2 Å². The Kier molecular flexibility index (Phi) is 19.4. The van der Waals surface area contributed by atoms with Gasteiger partial charge in [-0.3, -0.25) is 24.2 Å². The molecule has 76 heavy (non-hydrogen) atoms. The van der Waals surface area contributed by atoms with Crippen LogP contribution in [-0.2, 0) is 35.1 Å². The number of hydrogen-bond acceptors (Lipinski definition) is 10. The van der Waals surface area contributed by atoms with Crippen molar-refractivity contribution in [2.45, 2.75) is 207 Å². The summed E-state index contributed by atoms with van der Waals surface area (Å²) in [6.07, 6.45) is 19.3. The van der Waals surface area contributed by atoms with E-state index in [0.717, 1.165) is 42.9 Å². The van der Waals surface area contributed by atoms with Gasteiger partial charge in [0.25, 0.3) is 5.91 Å². The van der Waals surface area contributed by atoms with Crippen molar-refractivity contribution < 1.29 is 43.3 Å². The number of fused-ring (bicyclic) bond motifs is 5. The van der Waals surface area contributed by atoms with Crippen LogP contribution >= 0.6 is 0 Å². The molecule has 3 saturated carbocycles. The number of unbranched alkanes of at least 4 members (excludes halogenated alkanes) is 1. The third kappa shape index (κ3) is 14.4. The fourth-order valence-corrected chi connectivity index (χ4v) is 14.2. The third-order valence-electron chi connectivity index (χ3n) is 18.2. The van der Waals surface area contributed by atoms with Crippen LogP contribution in [0.15, 0.2) is 60.4 Å². The number of alkyl carbamates (subject to hydrolysis) is 1. The van der Waals surface area contributed by atoms with Gasteiger partial charge in [-0.05, 0) is 181 Å². The number of rotatable bonds is 21. The molecule has 2 aromatic rings. The number of allylic oxidation sites excluding steroid dienone is 1. The highest BCUT2D eigenvalue weighted by atomic mass is 16.6. The second-order valence-corrected chi connectivity index (χ2v) is 25.1. The van der Waals surface area contributed by atoms with Crippen molar-refractivity contribution in [2.75, 3.05) is 13.1 Å². The lowest BCUT2D eigenvalue weighted by molar-refractivity contribution is -0.155. The van der Waals surface area contributed by atoms with Gasteiger partial charge >= 0.3 is 12.1 Å². The van der Waals surface area contributed by atoms with Crippen molar-refractivity contribution in [3.05, 3.63) is 71.6 Å². The monoisotopic (exact) mass is 1050 g/mol. The molecule has 0 bridgehead atoms. The van der Waals surface area contributed by atoms with Crippen LogP contribution in [0.1, 0.15) is 181 Å². The van der Waals surface area contributed by atoms with Crippen LogP contribution in [0.25, 0.3) is 0 Å². The number of benzene rings is 1. The average molecular weight is 1050 g/mol. The second kappa shape index (κ2) is 25.3. The molecule has 4 aliphatic carbocycles. The standard InChI is InChI=1S/C61H90N6O9/c1-38(2)15-12-16-39(3)47-26-27-48-46-25-22-43-36-45(28-30-60(43,8)49(46)29-31-61(47,48)9)75-57(73)50(18-10-11-33-63-58(74)76-59(5,6)7)65-54(70)51(35-41-20-23-44(68)24-21-41)66-53(69)40(4)64-55(71)52-19-14-34-67(52)56(72)42-17-13-32-62-37-42/h13,17,20-24,32,37-40,45-52,68H,10-12,14-16,18-19,25-31,33-36H2,1-9H3,(H,63,74)(H,64,71)(H,65,70)(H,66,69)/t39-,40+,45+,46+,47-,48+,49+,50+,51+,52+,60+,61-/m1/s1. The molecule has 5 aliphatic rings. The summed E-state index contributed by atoms with van der Waals surface area (Å²) in [6, 6.07) is 5.41. The Hall–Kier alpha value is -5.47. The van der Waals surface area contributed by atoms with Gasteiger partial charge in [-0.25, -0.2) is 9.59 Å². The number of nitrogens with zero attached hydrogens (tertiary/aromatic N) is 2. The Morgan fingerprint density at radius 1 is 0.829 bits per heavy atom. The number of esters is 1. The molecule has 1 saturated heterocycles. The molecule has 5 N–H and O–H groups in total. The number of nitrogens with one attached hydrogen (secondary N) is 4. The molecule has 7 rings (SSSR count). The van der Waals surface area contributed by atoms with Crippen LogP contribution in [0.4, 0.5) is 4.79 Å². The average Bonchev–Trinajstić information content (AvgIpc) is 4.11. The van der Waals surface area contributed by atoms with Gasteiger partial charge in [0.05, 0.1) is 5.56 Å². The maximum Gasteiger partial charge on any atom is 0.407 e. The van der Waals surface area contributed by atoms with Crippen LogP contribution in [-0.4, -0.2) is 99.6 Å². The highest BCUT2D eigenvalue weighted by Gasteiger charge is 2.59. The zero-order chi connectivity index (χ0) is 55.0. The van der Waals surface area contributed by atoms with E-state index in [1.165, 1.54) is 80.7 Å². The summed E-state index contributed by atoms with van der Waals surface area (Å²) in [5, 5.41) is 21.4. The molecule has 5 amide bonds. The lowest BCUT2D eigenvalue weighted by atomic mass is 9.47. The van der Waals surface area contributed by atoms with E-state index >= 15 is 0 Å². The predicted molar refractivity (Wildman–Crippen MR) is 293 cm³/mol. The Balaban J connectivity index is 1.02. The summed E-state index contributed by atoms with van der Waals surface area (Å²) in [4.78, 5) is 88.0. The number of phenols is 1. The fourth-order valence-electron chi connectivity index (χ4n) is 14.2. The lowest BCUT2D eigenvalue weighted by Gasteiger charge is -2.58. The number of phenolic OH excluding ortho intramolecular Hbond substituents is 1. The fraction of sp³-hybridized carbons (Fsp3) is 0.689. The smallest absolute Gasteiger partial charge is 0.407 e. The second-order valence-electron chi connectivity index (χ2n) is 25.1. The van der Waals surface area contributed by atoms with Crippen molar-refractivity contribution in [3.63, 3.8) is 0 Å². The first-order valence-corrected chi connectivity index (χ1v) is 28.8. The van der Waals surface area contributed by atoms with E-state index in [0.29, 0.717) is 73.6 Å². The summed E-state index contributed by atoms with van der Waals surface area (Å²) >= 11 is 0. The van der Waals surface area contributed by atoms with Gasteiger partial charge in [0.2, 0.25) is 17.7 Å². The van der Waals surface area contributed by atoms with Gasteiger partial charge < -0.3 is 40.7 Å². The number of ether oxygens (including phenoxy) is 2. The van der Waals surface area contributed by atoms with E-state index in [2.05, 4.69) is 66.9 Å². The van der Waals surface area contributed by atoms with E-state index in [1.807, 2.05) is 0 Å². The minimum absolute atomic E-state index is 0.00558. The van der Waals surface area contributed by atoms with Crippen LogP contribution in [0.5, 0.6) is 5.75 Å². The molecule has 2 heterocycles. The number of carbonyl (C=O) groups is 6. The molecule has 1 aliphatic heterocycles. The zero-order valence-corrected chi connectivity index (χ0v) is 47.1. The molecule has 12 atom stereocenters. The summed E-state index contributed by atoms with van der Waals surface area (Å²) in [5.41, 5.74) is 2.16. The van der Waals surface area contributed by atoms with Crippen LogP contribution in [0.3, 0.4) is 0 Å². The molecule has 15 heteroatoms. The van der Waals surface area contributed by atoms with Gasteiger partial charge in [0.1, 0.15) is 41.6 Å². The van der Waals surface area contributed by atoms with Gasteiger partial charge in [-0.1, -0.05) is 77.7 Å². The zero-order valence-electron chi connectivity index (χ0n) is 47.1. The number of pyridine rings is 1. The topological polar surface area (TPSA) is 205 Å². The van der Waals surface area contributed by atoms with Crippen LogP contribution in [0.2, 0.25) is 0 Å². The number of carbonyl (C=O) groups excluding carboxylic acids is 6. The molecule has 418 valence electrons. The number of likely N-dealkylation sites (tertiary alicyclic amines) is 1. The number of aromatic hydroxyl groups is 1. The maximum atomic E-state index is 14.6. The Bertz CT molecular complexity index is 2370. The summed E-state index contributed by atoms with van der Waals surface area (Å²) in [6.45, 7) is 19.8. The number of amides is 5. The molecular formula is C61H90N6O9. The van der Waals surface area contributed by atoms with Gasteiger partial charge in [0, 0.05) is 38.3 Å².